The average molecular weight is 365 g/mol. The number of methoxy groups -OCH3 is 1. The monoisotopic (exact) mass is 365 g/mol. The molecule has 4 rings (SSSR count). The molecule has 0 spiro atoms. The lowest BCUT2D eigenvalue weighted by atomic mass is 10.1. The fraction of sp³-hybridized carbons (Fsp3) is 0.350. The Hall–Kier alpha value is -3.09. The topological polar surface area (TPSA) is 72.3 Å². The highest BCUT2D eigenvalue weighted by atomic mass is 16.5. The Morgan fingerprint density at radius 2 is 2.22 bits per heavy atom. The van der Waals surface area contributed by atoms with Gasteiger partial charge in [0.2, 0.25) is 0 Å². The van der Waals surface area contributed by atoms with Crippen LogP contribution in [0.2, 0.25) is 0 Å². The molecular formula is C20H23N5O2. The molecule has 0 bridgehead atoms. The number of rotatable bonds is 4. The molecule has 27 heavy (non-hydrogen) atoms. The molecule has 7 heteroatoms. The number of nitrogens with one attached hydrogen (secondary N) is 1. The van der Waals surface area contributed by atoms with Gasteiger partial charge in [0.15, 0.2) is 5.65 Å². The van der Waals surface area contributed by atoms with E-state index in [-0.39, 0.29) is 11.9 Å². The number of nitrogens with zero attached hydrogens (tertiary/aromatic N) is 4. The lowest BCUT2D eigenvalue weighted by Crippen LogP contribution is -2.33. The number of hydrogen-bond donors (Lipinski definition) is 1. The Kier molecular flexibility index (Phi) is 4.66. The fourth-order valence-corrected chi connectivity index (χ4v) is 3.66. The summed E-state index contributed by atoms with van der Waals surface area (Å²) in [5, 5.41) is 2.95. The Bertz CT molecular complexity index is 968. The summed E-state index contributed by atoms with van der Waals surface area (Å²) in [6.07, 6.45) is 2.69. The van der Waals surface area contributed by atoms with Crippen LogP contribution in [0.3, 0.4) is 0 Å². The first-order chi connectivity index (χ1) is 13.2. The number of aromatic nitrogens is 3. The normalized spacial score (nSPS) is 16.7. The van der Waals surface area contributed by atoms with Crippen molar-refractivity contribution in [3.05, 3.63) is 48.4 Å². The standard InChI is InChI=1S/C20H23N5O2/c1-3-25-18(23-17-8-5-10-21-19(17)25)14-9-11-24(13-14)20(26)22-15-6-4-7-16(12-15)27-2/h4-8,10,12,14H,3,9,11,13H2,1-2H3,(H,22,26)/t14-/m0/s1. The molecule has 2 aromatic heterocycles. The first-order valence-electron chi connectivity index (χ1n) is 9.20. The van der Waals surface area contributed by atoms with Crippen LogP contribution in [0.15, 0.2) is 42.6 Å². The molecular weight excluding hydrogens is 342 g/mol. The number of hydrogen-bond acceptors (Lipinski definition) is 4. The zero-order valence-corrected chi connectivity index (χ0v) is 15.6. The van der Waals surface area contributed by atoms with E-state index < -0.39 is 0 Å². The van der Waals surface area contributed by atoms with Crippen molar-refractivity contribution < 1.29 is 9.53 Å². The number of amides is 2. The molecule has 0 saturated carbocycles. The zero-order chi connectivity index (χ0) is 18.8. The van der Waals surface area contributed by atoms with Gasteiger partial charge in [-0.3, -0.25) is 0 Å². The molecule has 1 aliphatic rings. The summed E-state index contributed by atoms with van der Waals surface area (Å²) in [5.41, 5.74) is 2.55. The van der Waals surface area contributed by atoms with Crippen LogP contribution < -0.4 is 10.1 Å². The minimum Gasteiger partial charge on any atom is -0.497 e. The largest absolute Gasteiger partial charge is 0.497 e. The molecule has 3 aromatic rings. The van der Waals surface area contributed by atoms with Gasteiger partial charge in [0.1, 0.15) is 17.1 Å². The Labute approximate surface area is 158 Å². The molecule has 7 nitrogen and oxygen atoms in total. The SMILES string of the molecule is CCn1c([C@H]2CCN(C(=O)Nc3cccc(OC)c3)C2)nc2cccnc21. The van der Waals surface area contributed by atoms with Gasteiger partial charge in [-0.15, -0.1) is 0 Å². The number of urea groups is 1. The zero-order valence-electron chi connectivity index (χ0n) is 15.6. The number of likely N-dealkylation sites (tertiary alicyclic amines) is 1. The summed E-state index contributed by atoms with van der Waals surface area (Å²) in [6, 6.07) is 11.2. The molecule has 0 radical (unpaired) electrons. The highest BCUT2D eigenvalue weighted by molar-refractivity contribution is 5.89. The summed E-state index contributed by atoms with van der Waals surface area (Å²) in [6.45, 7) is 4.27. The molecule has 1 saturated heterocycles. The number of ether oxygens (including phenoxy) is 1. The number of pyridine rings is 1. The van der Waals surface area contributed by atoms with Crippen LogP contribution in [0.4, 0.5) is 10.5 Å². The first kappa shape index (κ1) is 17.3. The van der Waals surface area contributed by atoms with Crippen molar-refractivity contribution in [1.29, 1.82) is 0 Å². The second-order valence-electron chi connectivity index (χ2n) is 6.65. The van der Waals surface area contributed by atoms with Crippen molar-refractivity contribution in [1.82, 2.24) is 19.4 Å². The van der Waals surface area contributed by atoms with E-state index in [1.165, 1.54) is 0 Å². The molecule has 0 aliphatic carbocycles. The van der Waals surface area contributed by atoms with Crippen molar-refractivity contribution >= 4 is 22.9 Å². The van der Waals surface area contributed by atoms with Gasteiger partial charge in [0.25, 0.3) is 0 Å². The average Bonchev–Trinajstić information content (AvgIpc) is 3.32. The van der Waals surface area contributed by atoms with Crippen molar-refractivity contribution in [3.63, 3.8) is 0 Å². The van der Waals surface area contributed by atoms with Crippen LogP contribution in [0.25, 0.3) is 11.2 Å². The van der Waals surface area contributed by atoms with Crippen molar-refractivity contribution in [3.8, 4) is 5.75 Å². The van der Waals surface area contributed by atoms with Crippen molar-refractivity contribution in [2.75, 3.05) is 25.5 Å². The minimum absolute atomic E-state index is 0.0944. The van der Waals surface area contributed by atoms with E-state index in [0.29, 0.717) is 13.1 Å². The van der Waals surface area contributed by atoms with E-state index in [2.05, 4.69) is 21.8 Å². The van der Waals surface area contributed by atoms with Crippen LogP contribution in [0, 0.1) is 0 Å². The van der Waals surface area contributed by atoms with Gasteiger partial charge < -0.3 is 19.5 Å². The van der Waals surface area contributed by atoms with Crippen molar-refractivity contribution in [2.45, 2.75) is 25.8 Å². The van der Waals surface area contributed by atoms with E-state index in [1.54, 1.807) is 13.3 Å². The maximum Gasteiger partial charge on any atom is 0.321 e. The molecule has 1 fully saturated rings. The number of anilines is 1. The third-order valence-corrected chi connectivity index (χ3v) is 5.01. The number of carbonyl (C=O) groups excluding carboxylic acids is 1. The van der Waals surface area contributed by atoms with Crippen molar-refractivity contribution in [2.24, 2.45) is 0 Å². The van der Waals surface area contributed by atoms with E-state index >= 15 is 0 Å². The van der Waals surface area contributed by atoms with Gasteiger partial charge in [-0.2, -0.15) is 0 Å². The third-order valence-electron chi connectivity index (χ3n) is 5.01. The predicted octanol–water partition coefficient (Wildman–Crippen LogP) is 3.48. The molecule has 3 heterocycles. The number of fused-ring (bicyclic) bond motifs is 1. The summed E-state index contributed by atoms with van der Waals surface area (Å²) >= 11 is 0. The maximum absolute atomic E-state index is 12.7. The summed E-state index contributed by atoms with van der Waals surface area (Å²) < 4.78 is 7.37. The van der Waals surface area contributed by atoms with Gasteiger partial charge in [0, 0.05) is 43.5 Å². The highest BCUT2D eigenvalue weighted by Crippen LogP contribution is 2.29. The van der Waals surface area contributed by atoms with Gasteiger partial charge in [-0.1, -0.05) is 6.07 Å². The fourth-order valence-electron chi connectivity index (χ4n) is 3.66. The highest BCUT2D eigenvalue weighted by Gasteiger charge is 2.31. The minimum atomic E-state index is -0.0944. The Morgan fingerprint density at radius 3 is 3.04 bits per heavy atom. The van der Waals surface area contributed by atoms with Crippen LogP contribution in [0.5, 0.6) is 5.75 Å². The van der Waals surface area contributed by atoms with Crippen LogP contribution in [-0.2, 0) is 6.54 Å². The number of imidazole rings is 1. The second-order valence-corrected chi connectivity index (χ2v) is 6.65. The Morgan fingerprint density at radius 1 is 1.33 bits per heavy atom. The quantitative estimate of drug-likeness (QED) is 0.768. The first-order valence-corrected chi connectivity index (χ1v) is 9.20. The molecule has 1 atom stereocenters. The number of carbonyl (C=O) groups is 1. The smallest absolute Gasteiger partial charge is 0.321 e. The van der Waals surface area contributed by atoms with Crippen LogP contribution in [-0.4, -0.2) is 45.7 Å². The van der Waals surface area contributed by atoms with Gasteiger partial charge in [-0.05, 0) is 37.6 Å². The van der Waals surface area contributed by atoms with Gasteiger partial charge >= 0.3 is 6.03 Å². The molecule has 1 aliphatic heterocycles. The number of benzene rings is 1. The van der Waals surface area contributed by atoms with Gasteiger partial charge in [0.05, 0.1) is 7.11 Å². The van der Waals surface area contributed by atoms with E-state index in [0.717, 1.165) is 41.4 Å². The van der Waals surface area contributed by atoms with Crippen LogP contribution in [0.1, 0.15) is 25.1 Å². The summed E-state index contributed by atoms with van der Waals surface area (Å²) in [5.74, 6) is 1.95. The lowest BCUT2D eigenvalue weighted by Gasteiger charge is -2.18. The van der Waals surface area contributed by atoms with E-state index in [4.69, 9.17) is 9.72 Å². The molecule has 2 amide bonds. The molecule has 1 aromatic carbocycles. The summed E-state index contributed by atoms with van der Waals surface area (Å²) in [7, 11) is 1.61. The van der Waals surface area contributed by atoms with E-state index in [1.807, 2.05) is 41.3 Å². The second kappa shape index (κ2) is 7.26. The maximum atomic E-state index is 12.7. The number of aryl methyl sites for hydroxylation is 1. The lowest BCUT2D eigenvalue weighted by molar-refractivity contribution is 0.222. The Balaban J connectivity index is 1.49. The van der Waals surface area contributed by atoms with Crippen LogP contribution >= 0.6 is 0 Å². The molecule has 140 valence electrons. The van der Waals surface area contributed by atoms with E-state index in [9.17, 15) is 4.79 Å². The molecule has 1 N–H and O–H groups in total. The third kappa shape index (κ3) is 3.32. The predicted molar refractivity (Wildman–Crippen MR) is 104 cm³/mol. The summed E-state index contributed by atoms with van der Waals surface area (Å²) in [4.78, 5) is 23.8. The van der Waals surface area contributed by atoms with Gasteiger partial charge in [-0.25, -0.2) is 14.8 Å². The molecule has 0 unspecified atom stereocenters.